The standard InChI is InChI=1S/C29H22O3S6/c30-15-18-16(31)14-17(32-18)19-3-4-22(34-19)23-7-8-26(36-23)27-11-12-29(38-27)28-10-9-25(37-28)24-6-5-21(35-24)20-2-1-13-33-20/h1-13,16-18,30-31H,14-15H2/t16-,17-,18-/m1/s1. The van der Waals surface area contributed by atoms with Gasteiger partial charge in [0, 0.05) is 60.1 Å². The zero-order chi connectivity index (χ0) is 25.6. The van der Waals surface area contributed by atoms with Crippen molar-refractivity contribution >= 4 is 68.0 Å². The smallest absolute Gasteiger partial charge is 0.107 e. The Morgan fingerprint density at radius 3 is 1.47 bits per heavy atom. The van der Waals surface area contributed by atoms with Gasteiger partial charge in [-0.15, -0.1) is 68.0 Å². The number of aliphatic hydroxyl groups is 2. The van der Waals surface area contributed by atoms with Crippen molar-refractivity contribution in [2.75, 3.05) is 6.61 Å². The number of thiophene rings is 6. The third kappa shape index (κ3) is 4.81. The fraction of sp³-hybridized carbons (Fsp3) is 0.172. The minimum Gasteiger partial charge on any atom is -0.394 e. The van der Waals surface area contributed by atoms with E-state index in [0.717, 1.165) is 4.88 Å². The van der Waals surface area contributed by atoms with Crippen LogP contribution in [0.25, 0.3) is 48.8 Å². The first-order chi connectivity index (χ1) is 18.6. The number of rotatable bonds is 7. The Labute approximate surface area is 244 Å². The van der Waals surface area contributed by atoms with E-state index in [-0.39, 0.29) is 12.7 Å². The summed E-state index contributed by atoms with van der Waals surface area (Å²) in [5.74, 6) is 0. The first-order valence-corrected chi connectivity index (χ1v) is 17.1. The summed E-state index contributed by atoms with van der Waals surface area (Å²) < 4.78 is 5.84. The minimum absolute atomic E-state index is 0.146. The van der Waals surface area contributed by atoms with E-state index in [1.165, 1.54) is 48.8 Å². The average molecular weight is 611 g/mol. The molecular weight excluding hydrogens is 589 g/mol. The van der Waals surface area contributed by atoms with Gasteiger partial charge in [-0.25, -0.2) is 0 Å². The molecule has 0 bridgehead atoms. The highest BCUT2D eigenvalue weighted by atomic mass is 32.1. The first-order valence-electron chi connectivity index (χ1n) is 12.1. The summed E-state index contributed by atoms with van der Waals surface area (Å²) in [5.41, 5.74) is 0. The lowest BCUT2D eigenvalue weighted by Gasteiger charge is -2.10. The number of aliphatic hydroxyl groups excluding tert-OH is 2. The SMILES string of the molecule is OC[C@H]1O[C@@H](c2ccc(-c3ccc(-c4ccc(-c5ccc(-c6ccc(-c7cccs7)s6)s5)s4)s3)s2)C[C@H]1O. The van der Waals surface area contributed by atoms with Crippen LogP contribution in [0.2, 0.25) is 0 Å². The summed E-state index contributed by atoms with van der Waals surface area (Å²) in [6.45, 7) is -0.148. The topological polar surface area (TPSA) is 49.7 Å². The largest absolute Gasteiger partial charge is 0.394 e. The molecule has 1 aliphatic heterocycles. The van der Waals surface area contributed by atoms with E-state index in [1.54, 1.807) is 22.7 Å². The normalized spacial score (nSPS) is 19.5. The summed E-state index contributed by atoms with van der Waals surface area (Å²) in [5, 5.41) is 21.6. The predicted octanol–water partition coefficient (Wildman–Crippen LogP) is 9.57. The molecule has 1 aliphatic rings. The van der Waals surface area contributed by atoms with Crippen molar-refractivity contribution in [3.05, 3.63) is 83.1 Å². The van der Waals surface area contributed by atoms with Crippen LogP contribution in [0.5, 0.6) is 0 Å². The molecule has 0 saturated carbocycles. The van der Waals surface area contributed by atoms with Gasteiger partial charge in [0.2, 0.25) is 0 Å². The summed E-state index contributed by atoms with van der Waals surface area (Å²) in [6.07, 6.45) is -0.705. The Morgan fingerprint density at radius 2 is 1.05 bits per heavy atom. The van der Waals surface area contributed by atoms with Crippen LogP contribution in [0.1, 0.15) is 17.4 Å². The fourth-order valence-corrected chi connectivity index (χ4v) is 10.8. The van der Waals surface area contributed by atoms with Gasteiger partial charge in [0.1, 0.15) is 6.10 Å². The highest BCUT2D eigenvalue weighted by molar-refractivity contribution is 7.30. The maximum absolute atomic E-state index is 10.1. The Balaban J connectivity index is 1.07. The maximum atomic E-state index is 10.1. The molecule has 1 fully saturated rings. The second-order valence-corrected chi connectivity index (χ2v) is 15.4. The molecule has 6 aromatic rings. The second-order valence-electron chi connectivity index (χ2n) is 8.98. The minimum atomic E-state index is -0.606. The molecule has 7 rings (SSSR count). The Hall–Kier alpha value is -1.92. The summed E-state index contributed by atoms with van der Waals surface area (Å²) in [4.78, 5) is 14.0. The van der Waals surface area contributed by atoms with Gasteiger partial charge >= 0.3 is 0 Å². The summed E-state index contributed by atoms with van der Waals surface area (Å²) in [7, 11) is 0. The Bertz CT molecular complexity index is 1660. The third-order valence-electron chi connectivity index (χ3n) is 6.51. The highest BCUT2D eigenvalue weighted by Gasteiger charge is 2.35. The average Bonchev–Trinajstić information content (AvgIpc) is 3.75. The first kappa shape index (κ1) is 25.1. The molecule has 192 valence electrons. The zero-order valence-electron chi connectivity index (χ0n) is 19.9. The van der Waals surface area contributed by atoms with Crippen molar-refractivity contribution in [1.29, 1.82) is 0 Å². The molecule has 0 unspecified atom stereocenters. The lowest BCUT2D eigenvalue weighted by molar-refractivity contribution is -0.0216. The van der Waals surface area contributed by atoms with E-state index in [9.17, 15) is 10.2 Å². The van der Waals surface area contributed by atoms with Gasteiger partial charge in [0.05, 0.1) is 18.8 Å². The lowest BCUT2D eigenvalue weighted by Crippen LogP contribution is -2.24. The molecule has 0 radical (unpaired) electrons. The van der Waals surface area contributed by atoms with Crippen molar-refractivity contribution in [1.82, 2.24) is 0 Å². The molecule has 1 saturated heterocycles. The highest BCUT2D eigenvalue weighted by Crippen LogP contribution is 2.46. The van der Waals surface area contributed by atoms with Crippen LogP contribution < -0.4 is 0 Å². The van der Waals surface area contributed by atoms with Gasteiger partial charge in [0.15, 0.2) is 0 Å². The predicted molar refractivity (Wildman–Crippen MR) is 166 cm³/mol. The van der Waals surface area contributed by atoms with Crippen LogP contribution in [-0.4, -0.2) is 29.0 Å². The number of hydrogen-bond donors (Lipinski definition) is 2. The molecule has 38 heavy (non-hydrogen) atoms. The van der Waals surface area contributed by atoms with E-state index < -0.39 is 12.2 Å². The molecule has 0 spiro atoms. The fourth-order valence-electron chi connectivity index (χ4n) is 4.56. The molecular formula is C29H22O3S6. The molecule has 7 heterocycles. The Morgan fingerprint density at radius 1 is 0.605 bits per heavy atom. The van der Waals surface area contributed by atoms with Crippen LogP contribution in [-0.2, 0) is 4.74 Å². The van der Waals surface area contributed by atoms with Crippen molar-refractivity contribution in [3.63, 3.8) is 0 Å². The molecule has 2 N–H and O–H groups in total. The second kappa shape index (κ2) is 10.6. The van der Waals surface area contributed by atoms with Crippen LogP contribution in [0.3, 0.4) is 0 Å². The van der Waals surface area contributed by atoms with Crippen molar-refractivity contribution < 1.29 is 14.9 Å². The molecule has 0 aromatic carbocycles. The van der Waals surface area contributed by atoms with E-state index in [0.29, 0.717) is 6.42 Å². The van der Waals surface area contributed by atoms with Crippen molar-refractivity contribution in [3.8, 4) is 48.8 Å². The quantitative estimate of drug-likeness (QED) is 0.189. The molecule has 3 atom stereocenters. The van der Waals surface area contributed by atoms with Crippen LogP contribution >= 0.6 is 68.0 Å². The van der Waals surface area contributed by atoms with Gasteiger partial charge < -0.3 is 14.9 Å². The van der Waals surface area contributed by atoms with Gasteiger partial charge in [-0.05, 0) is 72.1 Å². The molecule has 0 aliphatic carbocycles. The third-order valence-corrected chi connectivity index (χ3v) is 13.9. The van der Waals surface area contributed by atoms with Gasteiger partial charge in [-0.3, -0.25) is 0 Å². The molecule has 0 amide bonds. The molecule has 6 aromatic heterocycles. The van der Waals surface area contributed by atoms with E-state index >= 15 is 0 Å². The van der Waals surface area contributed by atoms with Gasteiger partial charge in [-0.2, -0.15) is 0 Å². The van der Waals surface area contributed by atoms with Gasteiger partial charge in [0.25, 0.3) is 0 Å². The van der Waals surface area contributed by atoms with Gasteiger partial charge in [-0.1, -0.05) is 6.07 Å². The van der Waals surface area contributed by atoms with E-state index in [2.05, 4.69) is 78.2 Å². The van der Waals surface area contributed by atoms with E-state index in [4.69, 9.17) is 4.74 Å². The maximum Gasteiger partial charge on any atom is 0.107 e. The number of hydrogen-bond acceptors (Lipinski definition) is 9. The summed E-state index contributed by atoms with van der Waals surface area (Å²) >= 11 is 10.9. The zero-order valence-corrected chi connectivity index (χ0v) is 24.8. The Kier molecular flexibility index (Phi) is 6.98. The van der Waals surface area contributed by atoms with Crippen molar-refractivity contribution in [2.45, 2.75) is 24.7 Å². The number of ether oxygens (including phenoxy) is 1. The monoisotopic (exact) mass is 610 g/mol. The van der Waals surface area contributed by atoms with Crippen LogP contribution in [0, 0.1) is 0 Å². The van der Waals surface area contributed by atoms with Crippen LogP contribution in [0.4, 0.5) is 0 Å². The van der Waals surface area contributed by atoms with Crippen molar-refractivity contribution in [2.24, 2.45) is 0 Å². The molecule has 3 nitrogen and oxygen atoms in total. The van der Waals surface area contributed by atoms with Crippen LogP contribution in [0.15, 0.2) is 78.2 Å². The lowest BCUT2D eigenvalue weighted by atomic mass is 10.1. The van der Waals surface area contributed by atoms with E-state index in [1.807, 2.05) is 45.3 Å². The molecule has 9 heteroatoms. The summed E-state index contributed by atoms with van der Waals surface area (Å²) in [6, 6.07) is 26.4.